The Hall–Kier alpha value is -2.00. The molecular weight excluding hydrogens is 277 g/mol. The van der Waals surface area contributed by atoms with Crippen molar-refractivity contribution in [2.24, 2.45) is 0 Å². The minimum Gasteiger partial charge on any atom is -0.459 e. The summed E-state index contributed by atoms with van der Waals surface area (Å²) >= 11 is 5.74. The van der Waals surface area contributed by atoms with Crippen LogP contribution in [0, 0.1) is 5.82 Å². The number of hydrogen-bond acceptors (Lipinski definition) is 2. The molecule has 3 aromatic rings. The SMILES string of the molecule is CC(Nc1ccc(Cl)cc1F)c1cc2ccccc2o1. The largest absolute Gasteiger partial charge is 0.459 e. The molecular formula is C16H13ClFNO. The summed E-state index contributed by atoms with van der Waals surface area (Å²) < 4.78 is 19.5. The summed E-state index contributed by atoms with van der Waals surface area (Å²) in [6.45, 7) is 1.92. The second-order valence-electron chi connectivity index (χ2n) is 4.68. The van der Waals surface area contributed by atoms with Crippen molar-refractivity contribution in [2.45, 2.75) is 13.0 Å². The standard InChI is InChI=1S/C16H13ClFNO/c1-10(19-14-7-6-12(17)9-13(14)18)16-8-11-4-2-3-5-15(11)20-16/h2-10,19H,1H3. The first kappa shape index (κ1) is 13.0. The molecule has 0 radical (unpaired) electrons. The lowest BCUT2D eigenvalue weighted by Crippen LogP contribution is -2.06. The molecule has 102 valence electrons. The molecule has 3 rings (SSSR count). The first-order chi connectivity index (χ1) is 9.63. The van der Waals surface area contributed by atoms with Crippen molar-refractivity contribution in [1.29, 1.82) is 0 Å². The Labute approximate surface area is 121 Å². The van der Waals surface area contributed by atoms with Gasteiger partial charge in [0.1, 0.15) is 17.2 Å². The Morgan fingerprint density at radius 3 is 2.70 bits per heavy atom. The Kier molecular flexibility index (Phi) is 3.36. The second kappa shape index (κ2) is 5.17. The van der Waals surface area contributed by atoms with E-state index in [0.29, 0.717) is 10.7 Å². The molecule has 2 nitrogen and oxygen atoms in total. The van der Waals surface area contributed by atoms with Crippen LogP contribution in [0.25, 0.3) is 11.0 Å². The van der Waals surface area contributed by atoms with Crippen molar-refractivity contribution in [1.82, 2.24) is 0 Å². The van der Waals surface area contributed by atoms with Crippen molar-refractivity contribution in [2.75, 3.05) is 5.32 Å². The van der Waals surface area contributed by atoms with Gasteiger partial charge in [0, 0.05) is 10.4 Å². The average Bonchev–Trinajstić information content (AvgIpc) is 2.86. The molecule has 0 saturated heterocycles. The lowest BCUT2D eigenvalue weighted by molar-refractivity contribution is 0.524. The summed E-state index contributed by atoms with van der Waals surface area (Å²) in [5.74, 6) is 0.390. The maximum absolute atomic E-state index is 13.8. The fraction of sp³-hybridized carbons (Fsp3) is 0.125. The number of benzene rings is 2. The predicted molar refractivity (Wildman–Crippen MR) is 79.7 cm³/mol. The van der Waals surface area contributed by atoms with Gasteiger partial charge in [-0.05, 0) is 37.3 Å². The van der Waals surface area contributed by atoms with Crippen LogP contribution in [0.2, 0.25) is 5.02 Å². The molecule has 1 unspecified atom stereocenters. The van der Waals surface area contributed by atoms with Gasteiger partial charge in [0.05, 0.1) is 11.7 Å². The van der Waals surface area contributed by atoms with Gasteiger partial charge in [-0.25, -0.2) is 4.39 Å². The van der Waals surface area contributed by atoms with Gasteiger partial charge >= 0.3 is 0 Å². The lowest BCUT2D eigenvalue weighted by atomic mass is 10.2. The number of halogens is 2. The third-order valence-corrected chi connectivity index (χ3v) is 3.41. The molecule has 0 aliphatic carbocycles. The monoisotopic (exact) mass is 289 g/mol. The van der Waals surface area contributed by atoms with Crippen LogP contribution in [0.1, 0.15) is 18.7 Å². The van der Waals surface area contributed by atoms with Crippen LogP contribution in [0.5, 0.6) is 0 Å². The minimum atomic E-state index is -0.375. The molecule has 20 heavy (non-hydrogen) atoms. The van der Waals surface area contributed by atoms with Crippen molar-refractivity contribution in [3.63, 3.8) is 0 Å². The van der Waals surface area contributed by atoms with E-state index < -0.39 is 0 Å². The topological polar surface area (TPSA) is 25.2 Å². The normalized spacial score (nSPS) is 12.6. The summed E-state index contributed by atoms with van der Waals surface area (Å²) in [5, 5.41) is 4.50. The zero-order valence-electron chi connectivity index (χ0n) is 10.9. The van der Waals surface area contributed by atoms with Crippen molar-refractivity contribution in [3.8, 4) is 0 Å². The van der Waals surface area contributed by atoms with Gasteiger partial charge in [-0.2, -0.15) is 0 Å². The zero-order chi connectivity index (χ0) is 14.1. The van der Waals surface area contributed by atoms with Gasteiger partial charge < -0.3 is 9.73 Å². The lowest BCUT2D eigenvalue weighted by Gasteiger charge is -2.13. The summed E-state index contributed by atoms with van der Waals surface area (Å²) in [5.41, 5.74) is 1.23. The summed E-state index contributed by atoms with van der Waals surface area (Å²) in [4.78, 5) is 0. The highest BCUT2D eigenvalue weighted by Gasteiger charge is 2.13. The third kappa shape index (κ3) is 2.49. The van der Waals surface area contributed by atoms with Crippen LogP contribution >= 0.6 is 11.6 Å². The highest BCUT2D eigenvalue weighted by atomic mass is 35.5. The van der Waals surface area contributed by atoms with Crippen LogP contribution in [0.4, 0.5) is 10.1 Å². The molecule has 0 aliphatic rings. The van der Waals surface area contributed by atoms with Gasteiger partial charge in [0.2, 0.25) is 0 Å². The van der Waals surface area contributed by atoms with Gasteiger partial charge in [-0.15, -0.1) is 0 Å². The molecule has 1 heterocycles. The number of rotatable bonds is 3. The molecule has 1 atom stereocenters. The van der Waals surface area contributed by atoms with Gasteiger partial charge in [-0.1, -0.05) is 29.8 Å². The van der Waals surface area contributed by atoms with E-state index in [2.05, 4.69) is 5.32 Å². The number of anilines is 1. The number of para-hydroxylation sites is 1. The van der Waals surface area contributed by atoms with Crippen LogP contribution in [-0.4, -0.2) is 0 Å². The maximum Gasteiger partial charge on any atom is 0.147 e. The molecule has 0 aliphatic heterocycles. The molecule has 0 spiro atoms. The molecule has 2 aromatic carbocycles. The van der Waals surface area contributed by atoms with E-state index in [1.807, 2.05) is 37.3 Å². The van der Waals surface area contributed by atoms with E-state index in [1.165, 1.54) is 6.07 Å². The fourth-order valence-electron chi connectivity index (χ4n) is 2.13. The van der Waals surface area contributed by atoms with Crippen LogP contribution in [0.3, 0.4) is 0 Å². The molecule has 0 fully saturated rings. The third-order valence-electron chi connectivity index (χ3n) is 3.17. The molecule has 0 bridgehead atoms. The van der Waals surface area contributed by atoms with E-state index in [0.717, 1.165) is 16.7 Å². The number of fused-ring (bicyclic) bond motifs is 1. The second-order valence-corrected chi connectivity index (χ2v) is 5.11. The first-order valence-electron chi connectivity index (χ1n) is 6.33. The molecule has 4 heteroatoms. The van der Waals surface area contributed by atoms with E-state index in [9.17, 15) is 4.39 Å². The number of nitrogens with one attached hydrogen (secondary N) is 1. The Morgan fingerprint density at radius 1 is 1.15 bits per heavy atom. The van der Waals surface area contributed by atoms with Gasteiger partial charge in [-0.3, -0.25) is 0 Å². The van der Waals surface area contributed by atoms with Crippen molar-refractivity contribution < 1.29 is 8.81 Å². The smallest absolute Gasteiger partial charge is 0.147 e. The van der Waals surface area contributed by atoms with Gasteiger partial charge in [0.25, 0.3) is 0 Å². The Bertz CT molecular complexity index is 720. The molecule has 1 aromatic heterocycles. The molecule has 0 amide bonds. The average molecular weight is 290 g/mol. The molecule has 0 saturated carbocycles. The highest BCUT2D eigenvalue weighted by Crippen LogP contribution is 2.27. The molecule has 1 N–H and O–H groups in total. The number of hydrogen-bond donors (Lipinski definition) is 1. The van der Waals surface area contributed by atoms with Crippen LogP contribution in [0.15, 0.2) is 52.9 Å². The summed E-state index contributed by atoms with van der Waals surface area (Å²) in [6.07, 6.45) is 0. The quantitative estimate of drug-likeness (QED) is 0.698. The van der Waals surface area contributed by atoms with Crippen molar-refractivity contribution in [3.05, 3.63) is 65.1 Å². The predicted octanol–water partition coefficient (Wildman–Crippen LogP) is 5.40. The Balaban J connectivity index is 1.86. The maximum atomic E-state index is 13.8. The fourth-order valence-corrected chi connectivity index (χ4v) is 2.29. The van der Waals surface area contributed by atoms with E-state index in [4.69, 9.17) is 16.0 Å². The van der Waals surface area contributed by atoms with Crippen LogP contribution < -0.4 is 5.32 Å². The van der Waals surface area contributed by atoms with E-state index in [-0.39, 0.29) is 11.9 Å². The van der Waals surface area contributed by atoms with Crippen molar-refractivity contribution >= 4 is 28.3 Å². The highest BCUT2D eigenvalue weighted by molar-refractivity contribution is 6.30. The zero-order valence-corrected chi connectivity index (χ0v) is 11.6. The first-order valence-corrected chi connectivity index (χ1v) is 6.71. The Morgan fingerprint density at radius 2 is 1.95 bits per heavy atom. The number of furan rings is 1. The summed E-state index contributed by atoms with van der Waals surface area (Å²) in [6, 6.07) is 14.2. The van der Waals surface area contributed by atoms with E-state index >= 15 is 0 Å². The van der Waals surface area contributed by atoms with E-state index in [1.54, 1.807) is 12.1 Å². The van der Waals surface area contributed by atoms with Gasteiger partial charge in [0.15, 0.2) is 0 Å². The minimum absolute atomic E-state index is 0.141. The summed E-state index contributed by atoms with van der Waals surface area (Å²) in [7, 11) is 0. The van der Waals surface area contributed by atoms with Crippen LogP contribution in [-0.2, 0) is 0 Å².